The maximum atomic E-state index is 11.7. The number of nitrogens with zero attached hydrogens (tertiary/aromatic N) is 1. The first kappa shape index (κ1) is 11.9. The zero-order valence-electron chi connectivity index (χ0n) is 9.69. The van der Waals surface area contributed by atoms with Crippen LogP contribution < -0.4 is 5.32 Å². The molecule has 1 aromatic rings. The van der Waals surface area contributed by atoms with Crippen LogP contribution >= 0.6 is 11.3 Å². The lowest BCUT2D eigenvalue weighted by molar-refractivity contribution is -0.117. The first-order chi connectivity index (χ1) is 8.22. The van der Waals surface area contributed by atoms with Gasteiger partial charge in [-0.2, -0.15) is 5.26 Å². The van der Waals surface area contributed by atoms with Gasteiger partial charge in [-0.1, -0.05) is 6.92 Å². The van der Waals surface area contributed by atoms with E-state index in [0.717, 1.165) is 24.1 Å². The number of hydrogen-bond donors (Lipinski definition) is 1. The fourth-order valence-electron chi connectivity index (χ4n) is 1.44. The van der Waals surface area contributed by atoms with E-state index in [4.69, 9.17) is 5.26 Å². The summed E-state index contributed by atoms with van der Waals surface area (Å²) in [5, 5.41) is 11.8. The van der Waals surface area contributed by atoms with Crippen molar-refractivity contribution in [1.82, 2.24) is 5.32 Å². The van der Waals surface area contributed by atoms with Crippen molar-refractivity contribution in [3.05, 3.63) is 27.5 Å². The zero-order chi connectivity index (χ0) is 12.3. The SMILES string of the molecule is CCc1ccc(/C=C(/C#N)C(=O)NC2CC2)s1. The number of thiophene rings is 1. The van der Waals surface area contributed by atoms with Gasteiger partial charge < -0.3 is 5.32 Å². The third kappa shape index (κ3) is 3.18. The predicted octanol–water partition coefficient (Wildman–Crippen LogP) is 2.50. The standard InChI is InChI=1S/C13H14N2OS/c1-2-11-5-6-12(17-11)7-9(8-14)13(16)15-10-3-4-10/h5-7,10H,2-4H2,1H3,(H,15,16)/b9-7-. The summed E-state index contributed by atoms with van der Waals surface area (Å²) in [5.74, 6) is -0.249. The average Bonchev–Trinajstić information content (AvgIpc) is 3.02. The summed E-state index contributed by atoms with van der Waals surface area (Å²) in [5.41, 5.74) is 0.196. The Morgan fingerprint density at radius 2 is 2.41 bits per heavy atom. The summed E-state index contributed by atoms with van der Waals surface area (Å²) in [4.78, 5) is 13.9. The molecule has 1 aliphatic rings. The topological polar surface area (TPSA) is 52.9 Å². The minimum absolute atomic E-state index is 0.196. The Morgan fingerprint density at radius 3 is 2.94 bits per heavy atom. The summed E-state index contributed by atoms with van der Waals surface area (Å²) in [6.45, 7) is 2.09. The van der Waals surface area contributed by atoms with E-state index in [1.807, 2.05) is 18.2 Å². The molecule has 1 aromatic heterocycles. The van der Waals surface area contributed by atoms with Crippen LogP contribution in [0.25, 0.3) is 6.08 Å². The van der Waals surface area contributed by atoms with Crippen molar-refractivity contribution in [3.8, 4) is 6.07 Å². The Labute approximate surface area is 105 Å². The molecule has 17 heavy (non-hydrogen) atoms. The van der Waals surface area contributed by atoms with E-state index < -0.39 is 0 Å². The van der Waals surface area contributed by atoms with Gasteiger partial charge in [-0.15, -0.1) is 11.3 Å². The molecule has 2 rings (SSSR count). The van der Waals surface area contributed by atoms with Crippen molar-refractivity contribution in [2.75, 3.05) is 0 Å². The van der Waals surface area contributed by atoms with E-state index in [0.29, 0.717) is 0 Å². The summed E-state index contributed by atoms with van der Waals surface area (Å²) >= 11 is 1.62. The van der Waals surface area contributed by atoms with Crippen LogP contribution in [0.3, 0.4) is 0 Å². The van der Waals surface area contributed by atoms with Crippen molar-refractivity contribution in [2.24, 2.45) is 0 Å². The Hall–Kier alpha value is -1.60. The molecule has 1 fully saturated rings. The minimum Gasteiger partial charge on any atom is -0.349 e. The van der Waals surface area contributed by atoms with Crippen LogP contribution in [0.1, 0.15) is 29.5 Å². The third-order valence-corrected chi connectivity index (χ3v) is 3.77. The highest BCUT2D eigenvalue weighted by atomic mass is 32.1. The highest BCUT2D eigenvalue weighted by molar-refractivity contribution is 7.12. The molecule has 4 heteroatoms. The normalized spacial score (nSPS) is 15.4. The molecule has 1 amide bonds. The van der Waals surface area contributed by atoms with Gasteiger partial charge in [0.05, 0.1) is 0 Å². The lowest BCUT2D eigenvalue weighted by Gasteiger charge is -2.00. The molecular weight excluding hydrogens is 232 g/mol. The summed E-state index contributed by atoms with van der Waals surface area (Å²) in [6, 6.07) is 6.23. The molecule has 0 bridgehead atoms. The van der Waals surface area contributed by atoms with E-state index in [2.05, 4.69) is 12.2 Å². The van der Waals surface area contributed by atoms with Crippen LogP contribution in [0.15, 0.2) is 17.7 Å². The Bertz CT molecular complexity index is 492. The second-order valence-electron chi connectivity index (χ2n) is 4.08. The Kier molecular flexibility index (Phi) is 3.60. The molecule has 0 aromatic carbocycles. The number of nitriles is 1. The van der Waals surface area contributed by atoms with Gasteiger partial charge in [0.2, 0.25) is 0 Å². The van der Waals surface area contributed by atoms with E-state index in [9.17, 15) is 4.79 Å². The van der Waals surface area contributed by atoms with Gasteiger partial charge in [0, 0.05) is 15.8 Å². The van der Waals surface area contributed by atoms with Crippen LogP contribution in [-0.2, 0) is 11.2 Å². The first-order valence-corrected chi connectivity index (χ1v) is 6.56. The molecule has 0 aliphatic heterocycles. The van der Waals surface area contributed by atoms with E-state index >= 15 is 0 Å². The molecule has 0 atom stereocenters. The number of aryl methyl sites for hydroxylation is 1. The minimum atomic E-state index is -0.249. The first-order valence-electron chi connectivity index (χ1n) is 5.74. The van der Waals surface area contributed by atoms with Gasteiger partial charge in [-0.05, 0) is 37.5 Å². The second-order valence-corrected chi connectivity index (χ2v) is 5.28. The van der Waals surface area contributed by atoms with Gasteiger partial charge in [-0.3, -0.25) is 4.79 Å². The number of nitrogens with one attached hydrogen (secondary N) is 1. The molecule has 1 aliphatic carbocycles. The molecule has 88 valence electrons. The average molecular weight is 246 g/mol. The van der Waals surface area contributed by atoms with Crippen LogP contribution in [-0.4, -0.2) is 11.9 Å². The quantitative estimate of drug-likeness (QED) is 0.655. The van der Waals surface area contributed by atoms with Gasteiger partial charge in [-0.25, -0.2) is 0 Å². The van der Waals surface area contributed by atoms with Crippen molar-refractivity contribution in [1.29, 1.82) is 5.26 Å². The molecule has 0 spiro atoms. The highest BCUT2D eigenvalue weighted by Gasteiger charge is 2.24. The fourth-order valence-corrected chi connectivity index (χ4v) is 2.34. The lowest BCUT2D eigenvalue weighted by Crippen LogP contribution is -2.26. The van der Waals surface area contributed by atoms with Gasteiger partial charge in [0.15, 0.2) is 0 Å². The Morgan fingerprint density at radius 1 is 1.65 bits per heavy atom. The maximum Gasteiger partial charge on any atom is 0.262 e. The number of carbonyl (C=O) groups excluding carboxylic acids is 1. The molecule has 3 nitrogen and oxygen atoms in total. The lowest BCUT2D eigenvalue weighted by atomic mass is 10.2. The van der Waals surface area contributed by atoms with Crippen molar-refractivity contribution in [3.63, 3.8) is 0 Å². The van der Waals surface area contributed by atoms with Crippen molar-refractivity contribution in [2.45, 2.75) is 32.2 Å². The van der Waals surface area contributed by atoms with Crippen LogP contribution in [0.2, 0.25) is 0 Å². The van der Waals surface area contributed by atoms with E-state index in [1.165, 1.54) is 4.88 Å². The fraction of sp³-hybridized carbons (Fsp3) is 0.385. The van der Waals surface area contributed by atoms with E-state index in [-0.39, 0.29) is 17.5 Å². The molecule has 1 N–H and O–H groups in total. The molecule has 0 unspecified atom stereocenters. The molecule has 0 radical (unpaired) electrons. The maximum absolute atomic E-state index is 11.7. The van der Waals surface area contributed by atoms with Crippen molar-refractivity contribution >= 4 is 23.3 Å². The van der Waals surface area contributed by atoms with Crippen LogP contribution in [0.4, 0.5) is 0 Å². The van der Waals surface area contributed by atoms with Crippen LogP contribution in [0.5, 0.6) is 0 Å². The monoisotopic (exact) mass is 246 g/mol. The highest BCUT2D eigenvalue weighted by Crippen LogP contribution is 2.21. The van der Waals surface area contributed by atoms with Gasteiger partial charge in [0.25, 0.3) is 5.91 Å². The zero-order valence-corrected chi connectivity index (χ0v) is 10.5. The van der Waals surface area contributed by atoms with Gasteiger partial charge >= 0.3 is 0 Å². The predicted molar refractivity (Wildman–Crippen MR) is 68.5 cm³/mol. The smallest absolute Gasteiger partial charge is 0.262 e. The van der Waals surface area contributed by atoms with Gasteiger partial charge in [0.1, 0.15) is 11.6 Å². The second kappa shape index (κ2) is 5.15. The summed E-state index contributed by atoms with van der Waals surface area (Å²) < 4.78 is 0. The number of hydrogen-bond acceptors (Lipinski definition) is 3. The van der Waals surface area contributed by atoms with Crippen molar-refractivity contribution < 1.29 is 4.79 Å². The van der Waals surface area contributed by atoms with E-state index in [1.54, 1.807) is 17.4 Å². The summed E-state index contributed by atoms with van der Waals surface area (Å²) in [7, 11) is 0. The van der Waals surface area contributed by atoms with Crippen LogP contribution in [0, 0.1) is 11.3 Å². The number of amides is 1. The molecule has 1 heterocycles. The summed E-state index contributed by atoms with van der Waals surface area (Å²) in [6.07, 6.45) is 4.71. The molecule has 1 saturated carbocycles. The number of rotatable bonds is 4. The third-order valence-electron chi connectivity index (χ3n) is 2.60. The number of carbonyl (C=O) groups is 1. The molecule has 0 saturated heterocycles. The molecular formula is C13H14N2OS. The largest absolute Gasteiger partial charge is 0.349 e. The Balaban J connectivity index is 2.10.